The summed E-state index contributed by atoms with van der Waals surface area (Å²) in [6.45, 7) is 3.65. The number of carbonyl (C=O) groups is 3. The average Bonchev–Trinajstić information content (AvgIpc) is 3.27. The molecule has 10 nitrogen and oxygen atoms in total. The number of benzene rings is 1. The summed E-state index contributed by atoms with van der Waals surface area (Å²) >= 11 is 3.31. The number of hydrogen-bond acceptors (Lipinski definition) is 7. The Labute approximate surface area is 227 Å². The van der Waals surface area contributed by atoms with Crippen LogP contribution in [0.15, 0.2) is 53.4 Å². The maximum atomic E-state index is 13.5. The van der Waals surface area contributed by atoms with Crippen molar-refractivity contribution in [2.24, 2.45) is 0 Å². The first-order valence-corrected chi connectivity index (χ1v) is 13.1. The van der Waals surface area contributed by atoms with E-state index in [9.17, 15) is 14.4 Å². The number of piperidine rings is 1. The number of carbonyl (C=O) groups excluding carboxylic acids is 3. The summed E-state index contributed by atoms with van der Waals surface area (Å²) in [5, 5.41) is 7.97. The summed E-state index contributed by atoms with van der Waals surface area (Å²) in [5.41, 5.74) is 2.62. The SMILES string of the molecule is CC(=O)c1nn(CC(=O)N2CCCCC2C(=O)Nc2cccc(Br)n2)c2ccc(-c3cnc(C)nc3)cc12. The Morgan fingerprint density at radius 1 is 1.08 bits per heavy atom. The molecular formula is C27H26BrN7O3. The molecule has 1 aromatic carbocycles. The largest absolute Gasteiger partial charge is 0.329 e. The third-order valence-corrected chi connectivity index (χ3v) is 7.02. The lowest BCUT2D eigenvalue weighted by Crippen LogP contribution is -2.51. The molecule has 2 amide bonds. The number of ketones is 1. The van der Waals surface area contributed by atoms with E-state index in [1.807, 2.05) is 25.1 Å². The number of pyridine rings is 1. The quantitative estimate of drug-likeness (QED) is 0.270. The first kappa shape index (κ1) is 25.7. The zero-order valence-electron chi connectivity index (χ0n) is 21.0. The van der Waals surface area contributed by atoms with Crippen molar-refractivity contribution < 1.29 is 14.4 Å². The molecule has 38 heavy (non-hydrogen) atoms. The highest BCUT2D eigenvalue weighted by Crippen LogP contribution is 2.27. The van der Waals surface area contributed by atoms with E-state index in [0.717, 1.165) is 24.0 Å². The molecule has 1 aliphatic rings. The van der Waals surface area contributed by atoms with Gasteiger partial charge in [-0.1, -0.05) is 12.1 Å². The van der Waals surface area contributed by atoms with E-state index in [-0.39, 0.29) is 29.8 Å². The number of nitrogens with one attached hydrogen (secondary N) is 1. The predicted molar refractivity (Wildman–Crippen MR) is 145 cm³/mol. The number of Topliss-reactive ketones (excluding diaryl/α,β-unsaturated/α-hetero) is 1. The van der Waals surface area contributed by atoms with E-state index in [0.29, 0.717) is 40.1 Å². The number of nitrogens with zero attached hydrogens (tertiary/aromatic N) is 6. The molecule has 3 aromatic heterocycles. The Kier molecular flexibility index (Phi) is 7.28. The molecule has 0 bridgehead atoms. The summed E-state index contributed by atoms with van der Waals surface area (Å²) in [6, 6.07) is 10.3. The fraction of sp³-hybridized carbons (Fsp3) is 0.296. The van der Waals surface area contributed by atoms with Crippen LogP contribution in [-0.2, 0) is 16.1 Å². The molecular weight excluding hydrogens is 550 g/mol. The van der Waals surface area contributed by atoms with Gasteiger partial charge in [-0.25, -0.2) is 15.0 Å². The topological polar surface area (TPSA) is 123 Å². The number of halogens is 1. The maximum absolute atomic E-state index is 13.5. The number of aryl methyl sites for hydroxylation is 1. The lowest BCUT2D eigenvalue weighted by Gasteiger charge is -2.34. The Hall–Kier alpha value is -3.99. The molecule has 0 spiro atoms. The van der Waals surface area contributed by atoms with Gasteiger partial charge in [-0.3, -0.25) is 19.1 Å². The first-order chi connectivity index (χ1) is 18.3. The number of rotatable bonds is 6. The van der Waals surface area contributed by atoms with Gasteiger partial charge in [0, 0.05) is 36.8 Å². The molecule has 4 heterocycles. The third kappa shape index (κ3) is 5.33. The van der Waals surface area contributed by atoms with Gasteiger partial charge in [-0.05, 0) is 71.9 Å². The van der Waals surface area contributed by atoms with Crippen molar-refractivity contribution in [2.75, 3.05) is 11.9 Å². The van der Waals surface area contributed by atoms with Crippen LogP contribution in [0.1, 0.15) is 42.5 Å². The molecule has 0 saturated carbocycles. The highest BCUT2D eigenvalue weighted by molar-refractivity contribution is 9.10. The lowest BCUT2D eigenvalue weighted by molar-refractivity contribution is -0.141. The molecule has 11 heteroatoms. The normalized spacial score (nSPS) is 15.4. The molecule has 1 aliphatic heterocycles. The fourth-order valence-corrected chi connectivity index (χ4v) is 5.03. The monoisotopic (exact) mass is 575 g/mol. The molecule has 1 unspecified atom stereocenters. The van der Waals surface area contributed by atoms with Gasteiger partial charge in [0.15, 0.2) is 5.78 Å². The van der Waals surface area contributed by atoms with E-state index in [4.69, 9.17) is 0 Å². The van der Waals surface area contributed by atoms with Gasteiger partial charge in [0.2, 0.25) is 11.8 Å². The Morgan fingerprint density at radius 3 is 2.61 bits per heavy atom. The van der Waals surface area contributed by atoms with Gasteiger partial charge in [-0.15, -0.1) is 0 Å². The van der Waals surface area contributed by atoms with Crippen LogP contribution in [0.4, 0.5) is 5.82 Å². The van der Waals surface area contributed by atoms with Gasteiger partial charge in [0.1, 0.15) is 34.5 Å². The average molecular weight is 576 g/mol. The van der Waals surface area contributed by atoms with Crippen LogP contribution in [0.3, 0.4) is 0 Å². The maximum Gasteiger partial charge on any atom is 0.248 e. The number of likely N-dealkylation sites (tertiary alicyclic amines) is 1. The van der Waals surface area contributed by atoms with Crippen molar-refractivity contribution in [1.82, 2.24) is 29.6 Å². The lowest BCUT2D eigenvalue weighted by atomic mass is 10.0. The second-order valence-electron chi connectivity index (χ2n) is 9.25. The standard InChI is InChI=1S/C27H26BrN7O3/c1-16(36)26-20-12-18(19-13-29-17(2)30-14-19)9-10-21(20)35(33-26)15-25(37)34-11-4-3-6-22(34)27(38)32-24-8-5-7-23(28)31-24/h5,7-10,12-14,22H,3-4,6,11,15H2,1-2H3,(H,31,32,38). The molecule has 194 valence electrons. The molecule has 1 saturated heterocycles. The van der Waals surface area contributed by atoms with Crippen molar-refractivity contribution in [1.29, 1.82) is 0 Å². The Balaban J connectivity index is 1.40. The van der Waals surface area contributed by atoms with Gasteiger partial charge in [-0.2, -0.15) is 5.10 Å². The van der Waals surface area contributed by atoms with Crippen LogP contribution < -0.4 is 5.32 Å². The second-order valence-corrected chi connectivity index (χ2v) is 10.1. The molecule has 0 radical (unpaired) electrons. The first-order valence-electron chi connectivity index (χ1n) is 12.3. The van der Waals surface area contributed by atoms with E-state index in [1.54, 1.807) is 40.2 Å². The van der Waals surface area contributed by atoms with Gasteiger partial charge < -0.3 is 10.2 Å². The minimum atomic E-state index is -0.612. The van der Waals surface area contributed by atoms with Crippen LogP contribution in [0, 0.1) is 6.92 Å². The fourth-order valence-electron chi connectivity index (χ4n) is 4.69. The van der Waals surface area contributed by atoms with Gasteiger partial charge in [0.05, 0.1) is 5.52 Å². The van der Waals surface area contributed by atoms with E-state index >= 15 is 0 Å². The highest BCUT2D eigenvalue weighted by atomic mass is 79.9. The molecule has 1 fully saturated rings. The van der Waals surface area contributed by atoms with Gasteiger partial charge in [0.25, 0.3) is 0 Å². The van der Waals surface area contributed by atoms with Crippen molar-refractivity contribution in [3.8, 4) is 11.1 Å². The summed E-state index contributed by atoms with van der Waals surface area (Å²) in [7, 11) is 0. The van der Waals surface area contributed by atoms with Crippen molar-refractivity contribution in [2.45, 2.75) is 45.7 Å². The van der Waals surface area contributed by atoms with E-state index < -0.39 is 6.04 Å². The smallest absolute Gasteiger partial charge is 0.248 e. The summed E-state index contributed by atoms with van der Waals surface area (Å²) < 4.78 is 2.15. The summed E-state index contributed by atoms with van der Waals surface area (Å²) in [6.07, 6.45) is 5.68. The molecule has 5 rings (SSSR count). The number of anilines is 1. The van der Waals surface area contributed by atoms with Crippen molar-refractivity contribution in [3.63, 3.8) is 0 Å². The zero-order valence-corrected chi connectivity index (χ0v) is 22.6. The van der Waals surface area contributed by atoms with Crippen LogP contribution in [-0.4, -0.2) is 59.8 Å². The molecule has 1 N–H and O–H groups in total. The minimum Gasteiger partial charge on any atom is -0.329 e. The summed E-state index contributed by atoms with van der Waals surface area (Å²) in [4.78, 5) is 53.4. The van der Waals surface area contributed by atoms with Crippen molar-refractivity contribution >= 4 is 50.2 Å². The van der Waals surface area contributed by atoms with Crippen LogP contribution in [0.25, 0.3) is 22.0 Å². The third-order valence-electron chi connectivity index (χ3n) is 6.58. The molecule has 1 atom stereocenters. The van der Waals surface area contributed by atoms with Crippen LogP contribution in [0.2, 0.25) is 0 Å². The number of hydrogen-bond donors (Lipinski definition) is 1. The van der Waals surface area contributed by atoms with Crippen molar-refractivity contribution in [3.05, 3.63) is 64.9 Å². The summed E-state index contributed by atoms with van der Waals surface area (Å²) in [5.74, 6) is 0.380. The van der Waals surface area contributed by atoms with Crippen LogP contribution in [0.5, 0.6) is 0 Å². The number of aromatic nitrogens is 5. The molecule has 4 aromatic rings. The van der Waals surface area contributed by atoms with E-state index in [1.165, 1.54) is 6.92 Å². The predicted octanol–water partition coefficient (Wildman–Crippen LogP) is 4.18. The Morgan fingerprint density at radius 2 is 1.87 bits per heavy atom. The second kappa shape index (κ2) is 10.8. The zero-order chi connectivity index (χ0) is 26.8. The van der Waals surface area contributed by atoms with Gasteiger partial charge >= 0.3 is 0 Å². The minimum absolute atomic E-state index is 0.0876. The van der Waals surface area contributed by atoms with Crippen LogP contribution >= 0.6 is 15.9 Å². The molecule has 0 aliphatic carbocycles. The Bertz CT molecular complexity index is 1530. The van der Waals surface area contributed by atoms with E-state index in [2.05, 4.69) is 41.3 Å². The highest BCUT2D eigenvalue weighted by Gasteiger charge is 2.33. The number of fused-ring (bicyclic) bond motifs is 1. The number of amides is 2.